The Morgan fingerprint density at radius 1 is 0.889 bits per heavy atom. The molecule has 0 heterocycles. The Bertz CT molecular complexity index is 1120. The average Bonchev–Trinajstić information content (AvgIpc) is 3.38. The molecule has 0 bridgehead atoms. The van der Waals surface area contributed by atoms with E-state index in [1.165, 1.54) is 0 Å². The van der Waals surface area contributed by atoms with Gasteiger partial charge >= 0.3 is 0 Å². The predicted octanol–water partition coefficient (Wildman–Crippen LogP) is 5.38. The number of carbonyl (C=O) groups excluding carboxylic acids is 2. The van der Waals surface area contributed by atoms with Gasteiger partial charge in [-0.05, 0) is 61.1 Å². The standard InChI is InChI=1S/C31H36N2O3/c1-23-17-24(2)19-28(18-23)36-22-30(34)33(21-26-13-7-4-8-14-26)29(20-25-11-5-3-6-12-25)31(35)32-27-15-9-10-16-27/h3-8,11-14,17-19,27,29H,9-10,15-16,20-22H2,1-2H3,(H,32,35)/t29-/m1/s1. The molecule has 5 nitrogen and oxygen atoms in total. The van der Waals surface area contributed by atoms with E-state index in [-0.39, 0.29) is 24.5 Å². The van der Waals surface area contributed by atoms with Crippen LogP contribution in [0.2, 0.25) is 0 Å². The van der Waals surface area contributed by atoms with Crippen molar-refractivity contribution in [2.45, 2.75) is 64.6 Å². The van der Waals surface area contributed by atoms with Gasteiger partial charge in [0.2, 0.25) is 5.91 Å². The van der Waals surface area contributed by atoms with Crippen molar-refractivity contribution in [2.75, 3.05) is 6.61 Å². The zero-order chi connectivity index (χ0) is 25.3. The molecule has 1 aliphatic rings. The van der Waals surface area contributed by atoms with Gasteiger partial charge in [0.05, 0.1) is 0 Å². The monoisotopic (exact) mass is 484 g/mol. The van der Waals surface area contributed by atoms with Crippen LogP contribution in [0, 0.1) is 13.8 Å². The molecule has 1 N–H and O–H groups in total. The first-order valence-corrected chi connectivity index (χ1v) is 12.9. The summed E-state index contributed by atoms with van der Waals surface area (Å²) >= 11 is 0. The molecule has 1 saturated carbocycles. The van der Waals surface area contributed by atoms with E-state index in [9.17, 15) is 9.59 Å². The lowest BCUT2D eigenvalue weighted by Gasteiger charge is -2.32. The van der Waals surface area contributed by atoms with Crippen LogP contribution in [0.25, 0.3) is 0 Å². The third kappa shape index (κ3) is 7.20. The third-order valence-corrected chi connectivity index (χ3v) is 6.73. The van der Waals surface area contributed by atoms with Crippen LogP contribution in [0.15, 0.2) is 78.9 Å². The maximum atomic E-state index is 13.7. The van der Waals surface area contributed by atoms with Crippen molar-refractivity contribution in [3.05, 3.63) is 101 Å². The number of carbonyl (C=O) groups is 2. The fourth-order valence-electron chi connectivity index (χ4n) is 4.95. The van der Waals surface area contributed by atoms with Gasteiger partial charge in [0.1, 0.15) is 11.8 Å². The molecule has 1 atom stereocenters. The Morgan fingerprint density at radius 2 is 1.47 bits per heavy atom. The summed E-state index contributed by atoms with van der Waals surface area (Å²) < 4.78 is 5.94. The first-order chi connectivity index (χ1) is 17.5. The van der Waals surface area contributed by atoms with Gasteiger partial charge < -0.3 is 15.0 Å². The normalized spacial score (nSPS) is 14.3. The highest BCUT2D eigenvalue weighted by atomic mass is 16.5. The molecule has 0 spiro atoms. The lowest BCUT2D eigenvalue weighted by Crippen LogP contribution is -2.53. The van der Waals surface area contributed by atoms with E-state index in [1.807, 2.05) is 86.6 Å². The Labute approximate surface area is 214 Å². The molecule has 0 aliphatic heterocycles. The molecule has 188 valence electrons. The maximum Gasteiger partial charge on any atom is 0.261 e. The summed E-state index contributed by atoms with van der Waals surface area (Å²) in [7, 11) is 0. The van der Waals surface area contributed by atoms with E-state index in [1.54, 1.807) is 4.90 Å². The highest BCUT2D eigenvalue weighted by Gasteiger charge is 2.32. The molecule has 3 aromatic rings. The van der Waals surface area contributed by atoms with Crippen molar-refractivity contribution in [3.63, 3.8) is 0 Å². The molecular weight excluding hydrogens is 448 g/mol. The van der Waals surface area contributed by atoms with Crippen molar-refractivity contribution in [3.8, 4) is 5.75 Å². The SMILES string of the molecule is Cc1cc(C)cc(OCC(=O)N(Cc2ccccc2)[C@H](Cc2ccccc2)C(=O)NC2CCCC2)c1. The van der Waals surface area contributed by atoms with E-state index in [0.29, 0.717) is 18.7 Å². The van der Waals surface area contributed by atoms with E-state index < -0.39 is 6.04 Å². The maximum absolute atomic E-state index is 13.7. The molecule has 1 fully saturated rings. The zero-order valence-corrected chi connectivity index (χ0v) is 21.3. The van der Waals surface area contributed by atoms with Gasteiger partial charge in [-0.2, -0.15) is 0 Å². The van der Waals surface area contributed by atoms with Crippen LogP contribution in [-0.4, -0.2) is 35.4 Å². The number of nitrogens with one attached hydrogen (secondary N) is 1. The summed E-state index contributed by atoms with van der Waals surface area (Å²) in [5.74, 6) is 0.359. The molecule has 2 amide bonds. The summed E-state index contributed by atoms with van der Waals surface area (Å²) in [5, 5.41) is 3.24. The number of ether oxygens (including phenoxy) is 1. The second-order valence-electron chi connectivity index (χ2n) is 9.81. The number of nitrogens with zero attached hydrogens (tertiary/aromatic N) is 1. The number of rotatable bonds is 10. The van der Waals surface area contributed by atoms with Crippen molar-refractivity contribution in [1.29, 1.82) is 0 Å². The predicted molar refractivity (Wildman–Crippen MR) is 143 cm³/mol. The van der Waals surface area contributed by atoms with Crippen LogP contribution in [0.1, 0.15) is 47.9 Å². The van der Waals surface area contributed by atoms with Crippen LogP contribution in [0.5, 0.6) is 5.75 Å². The second-order valence-corrected chi connectivity index (χ2v) is 9.81. The largest absolute Gasteiger partial charge is 0.484 e. The second kappa shape index (κ2) is 12.4. The topological polar surface area (TPSA) is 58.6 Å². The number of hydrogen-bond donors (Lipinski definition) is 1. The Morgan fingerprint density at radius 3 is 2.08 bits per heavy atom. The van der Waals surface area contributed by atoms with Gasteiger partial charge in [0, 0.05) is 19.0 Å². The first-order valence-electron chi connectivity index (χ1n) is 12.9. The summed E-state index contributed by atoms with van der Waals surface area (Å²) in [5.41, 5.74) is 4.15. The minimum atomic E-state index is -0.636. The van der Waals surface area contributed by atoms with Crippen molar-refractivity contribution in [2.24, 2.45) is 0 Å². The summed E-state index contributed by atoms with van der Waals surface area (Å²) in [6.45, 7) is 4.22. The van der Waals surface area contributed by atoms with Gasteiger partial charge in [-0.25, -0.2) is 0 Å². The quantitative estimate of drug-likeness (QED) is 0.420. The Kier molecular flexibility index (Phi) is 8.77. The highest BCUT2D eigenvalue weighted by Crippen LogP contribution is 2.21. The van der Waals surface area contributed by atoms with Gasteiger partial charge in [-0.1, -0.05) is 79.6 Å². The minimum Gasteiger partial charge on any atom is -0.484 e. The van der Waals surface area contributed by atoms with Gasteiger partial charge in [0.25, 0.3) is 5.91 Å². The third-order valence-electron chi connectivity index (χ3n) is 6.73. The van der Waals surface area contributed by atoms with Crippen LogP contribution in [0.4, 0.5) is 0 Å². The van der Waals surface area contributed by atoms with E-state index in [0.717, 1.165) is 47.9 Å². The molecule has 5 heteroatoms. The van der Waals surface area contributed by atoms with Gasteiger partial charge in [0.15, 0.2) is 6.61 Å². The number of aryl methyl sites for hydroxylation is 2. The van der Waals surface area contributed by atoms with Crippen LogP contribution in [-0.2, 0) is 22.6 Å². The van der Waals surface area contributed by atoms with E-state index in [4.69, 9.17) is 4.74 Å². The fraction of sp³-hybridized carbons (Fsp3) is 0.355. The number of amides is 2. The molecular formula is C31H36N2O3. The minimum absolute atomic E-state index is 0.0959. The van der Waals surface area contributed by atoms with E-state index in [2.05, 4.69) is 11.4 Å². The molecule has 0 radical (unpaired) electrons. The number of benzene rings is 3. The molecule has 36 heavy (non-hydrogen) atoms. The first kappa shape index (κ1) is 25.5. The van der Waals surface area contributed by atoms with Crippen molar-refractivity contribution in [1.82, 2.24) is 10.2 Å². The smallest absolute Gasteiger partial charge is 0.261 e. The molecule has 0 aromatic heterocycles. The molecule has 1 aliphatic carbocycles. The Balaban J connectivity index is 1.60. The summed E-state index contributed by atoms with van der Waals surface area (Å²) in [6, 6.07) is 25.2. The molecule has 0 unspecified atom stereocenters. The van der Waals surface area contributed by atoms with E-state index >= 15 is 0 Å². The lowest BCUT2D eigenvalue weighted by atomic mass is 10.0. The van der Waals surface area contributed by atoms with Crippen LogP contribution < -0.4 is 10.1 Å². The van der Waals surface area contributed by atoms with Crippen molar-refractivity contribution >= 4 is 11.8 Å². The number of hydrogen-bond acceptors (Lipinski definition) is 3. The van der Waals surface area contributed by atoms with Crippen LogP contribution in [0.3, 0.4) is 0 Å². The van der Waals surface area contributed by atoms with Crippen molar-refractivity contribution < 1.29 is 14.3 Å². The summed E-state index contributed by atoms with van der Waals surface area (Å²) in [6.07, 6.45) is 4.69. The lowest BCUT2D eigenvalue weighted by molar-refractivity contribution is -0.143. The average molecular weight is 485 g/mol. The fourth-order valence-corrected chi connectivity index (χ4v) is 4.95. The van der Waals surface area contributed by atoms with Gasteiger partial charge in [-0.3, -0.25) is 9.59 Å². The zero-order valence-electron chi connectivity index (χ0n) is 21.3. The molecule has 4 rings (SSSR count). The molecule has 0 saturated heterocycles. The van der Waals surface area contributed by atoms with Crippen LogP contribution >= 0.6 is 0 Å². The Hall–Kier alpha value is -3.60. The van der Waals surface area contributed by atoms with Gasteiger partial charge in [-0.15, -0.1) is 0 Å². The highest BCUT2D eigenvalue weighted by molar-refractivity contribution is 5.88. The summed E-state index contributed by atoms with van der Waals surface area (Å²) in [4.78, 5) is 29.0. The molecule has 3 aromatic carbocycles.